The second-order valence-corrected chi connectivity index (χ2v) is 3.47. The largest absolute Gasteiger partial charge is 0.459 e. The number of likely N-dealkylation sites (tertiary alicyclic amines) is 1. The summed E-state index contributed by atoms with van der Waals surface area (Å²) in [5, 5.41) is 0. The molecule has 0 bridgehead atoms. The maximum absolute atomic E-state index is 3.87. The number of hydrogen-bond donors (Lipinski definition) is 0. The third kappa shape index (κ3) is 1.22. The van der Waals surface area contributed by atoms with Gasteiger partial charge >= 0.3 is 0 Å². The summed E-state index contributed by atoms with van der Waals surface area (Å²) < 4.78 is 0. The maximum Gasteiger partial charge on any atom is -0.0239 e. The van der Waals surface area contributed by atoms with Crippen LogP contribution in [0.1, 0.15) is 20.3 Å². The SMILES string of the molecule is [CH2-]N1CCC(C)(C)C1. The van der Waals surface area contributed by atoms with Crippen molar-refractivity contribution >= 4 is 0 Å². The first-order valence-electron chi connectivity index (χ1n) is 3.16. The molecule has 1 rings (SSSR count). The molecule has 0 saturated carbocycles. The Morgan fingerprint density at radius 1 is 1.50 bits per heavy atom. The highest BCUT2D eigenvalue weighted by Crippen LogP contribution is 2.27. The Bertz CT molecular complexity index is 86.4. The quantitative estimate of drug-likeness (QED) is 0.429. The molecule has 0 atom stereocenters. The van der Waals surface area contributed by atoms with Gasteiger partial charge in [-0.15, -0.1) is 0 Å². The summed E-state index contributed by atoms with van der Waals surface area (Å²) in [7, 11) is 3.87. The van der Waals surface area contributed by atoms with Gasteiger partial charge < -0.3 is 4.90 Å². The second kappa shape index (κ2) is 1.73. The molecule has 1 saturated heterocycles. The van der Waals surface area contributed by atoms with E-state index in [1.54, 1.807) is 0 Å². The van der Waals surface area contributed by atoms with Crippen molar-refractivity contribution in [3.63, 3.8) is 0 Å². The third-order valence-corrected chi connectivity index (χ3v) is 1.76. The molecule has 8 heavy (non-hydrogen) atoms. The smallest absolute Gasteiger partial charge is 0.0239 e. The molecule has 1 aliphatic rings. The van der Waals surface area contributed by atoms with Crippen LogP contribution < -0.4 is 0 Å². The molecule has 0 aromatic heterocycles. The van der Waals surface area contributed by atoms with E-state index in [9.17, 15) is 0 Å². The van der Waals surface area contributed by atoms with Gasteiger partial charge in [0, 0.05) is 0 Å². The minimum absolute atomic E-state index is 0.530. The lowest BCUT2D eigenvalue weighted by atomic mass is 9.93. The van der Waals surface area contributed by atoms with E-state index in [2.05, 4.69) is 25.8 Å². The zero-order chi connectivity index (χ0) is 6.20. The van der Waals surface area contributed by atoms with E-state index in [1.807, 2.05) is 0 Å². The van der Waals surface area contributed by atoms with Crippen molar-refractivity contribution in [2.75, 3.05) is 13.1 Å². The highest BCUT2D eigenvalue weighted by Gasteiger charge is 2.22. The predicted octanol–water partition coefficient (Wildman–Crippen LogP) is 1.51. The number of nitrogens with zero attached hydrogens (tertiary/aromatic N) is 1. The van der Waals surface area contributed by atoms with Crippen LogP contribution in [0.2, 0.25) is 0 Å². The zero-order valence-corrected chi connectivity index (χ0v) is 5.78. The standard InChI is InChI=1S/C7H14N/c1-7(2)4-5-8(3)6-7/h3-6H2,1-2H3/q-1. The van der Waals surface area contributed by atoms with Crippen molar-refractivity contribution in [3.05, 3.63) is 7.05 Å². The molecule has 48 valence electrons. The summed E-state index contributed by atoms with van der Waals surface area (Å²) in [4.78, 5) is 2.14. The van der Waals surface area contributed by atoms with Gasteiger partial charge in [0.05, 0.1) is 0 Å². The average molecular weight is 112 g/mol. The monoisotopic (exact) mass is 112 g/mol. The molecule has 0 aromatic rings. The van der Waals surface area contributed by atoms with E-state index in [0.717, 1.165) is 6.54 Å². The Balaban J connectivity index is 2.44. The van der Waals surface area contributed by atoms with Crippen molar-refractivity contribution in [2.24, 2.45) is 5.41 Å². The molecule has 1 fully saturated rings. The summed E-state index contributed by atoms with van der Waals surface area (Å²) >= 11 is 0. The molecule has 0 spiro atoms. The fourth-order valence-corrected chi connectivity index (χ4v) is 1.22. The number of rotatable bonds is 0. The number of hydrogen-bond acceptors (Lipinski definition) is 1. The minimum Gasteiger partial charge on any atom is -0.459 e. The first kappa shape index (κ1) is 6.09. The molecular formula is C7H14N-. The topological polar surface area (TPSA) is 3.24 Å². The van der Waals surface area contributed by atoms with E-state index in [4.69, 9.17) is 0 Å². The fraction of sp³-hybridized carbons (Fsp3) is 0.857. The van der Waals surface area contributed by atoms with Crippen molar-refractivity contribution in [3.8, 4) is 0 Å². The lowest BCUT2D eigenvalue weighted by molar-refractivity contribution is 0.356. The Labute approximate surface area is 51.7 Å². The zero-order valence-electron chi connectivity index (χ0n) is 5.78. The van der Waals surface area contributed by atoms with Crippen LogP contribution in [0, 0.1) is 12.5 Å². The van der Waals surface area contributed by atoms with Crippen LogP contribution in [0.3, 0.4) is 0 Å². The average Bonchev–Trinajstić information content (AvgIpc) is 1.82. The van der Waals surface area contributed by atoms with E-state index in [-0.39, 0.29) is 0 Å². The molecule has 0 amide bonds. The van der Waals surface area contributed by atoms with Gasteiger partial charge in [-0.3, -0.25) is 7.05 Å². The van der Waals surface area contributed by atoms with Gasteiger partial charge in [0.1, 0.15) is 0 Å². The molecule has 1 heteroatoms. The van der Waals surface area contributed by atoms with E-state index >= 15 is 0 Å². The van der Waals surface area contributed by atoms with Crippen molar-refractivity contribution in [1.82, 2.24) is 4.90 Å². The van der Waals surface area contributed by atoms with Gasteiger partial charge in [0.25, 0.3) is 0 Å². The van der Waals surface area contributed by atoms with E-state index in [0.29, 0.717) is 5.41 Å². The minimum atomic E-state index is 0.530. The van der Waals surface area contributed by atoms with Crippen molar-refractivity contribution < 1.29 is 0 Å². The van der Waals surface area contributed by atoms with E-state index in [1.165, 1.54) is 13.0 Å². The lowest BCUT2D eigenvalue weighted by Gasteiger charge is -2.20. The molecule has 0 radical (unpaired) electrons. The van der Waals surface area contributed by atoms with Crippen LogP contribution in [0.4, 0.5) is 0 Å². The van der Waals surface area contributed by atoms with Crippen molar-refractivity contribution in [2.45, 2.75) is 20.3 Å². The van der Waals surface area contributed by atoms with Gasteiger partial charge in [-0.05, 0) is 24.9 Å². The molecule has 1 nitrogen and oxygen atoms in total. The molecule has 0 aliphatic carbocycles. The predicted molar refractivity (Wildman–Crippen MR) is 35.3 cm³/mol. The van der Waals surface area contributed by atoms with Gasteiger partial charge in [-0.25, -0.2) is 0 Å². The Kier molecular flexibility index (Phi) is 1.31. The van der Waals surface area contributed by atoms with Crippen LogP contribution >= 0.6 is 0 Å². The van der Waals surface area contributed by atoms with Gasteiger partial charge in [0.15, 0.2) is 0 Å². The van der Waals surface area contributed by atoms with Crippen LogP contribution in [-0.2, 0) is 0 Å². The molecule has 0 N–H and O–H groups in total. The molecular weight excluding hydrogens is 98.1 g/mol. The summed E-state index contributed by atoms with van der Waals surface area (Å²) in [5.41, 5.74) is 0.530. The van der Waals surface area contributed by atoms with Crippen LogP contribution in [0.5, 0.6) is 0 Å². The summed E-state index contributed by atoms with van der Waals surface area (Å²) in [6, 6.07) is 0. The van der Waals surface area contributed by atoms with Gasteiger partial charge in [-0.1, -0.05) is 13.8 Å². The lowest BCUT2D eigenvalue weighted by Crippen LogP contribution is -2.16. The highest BCUT2D eigenvalue weighted by atomic mass is 15.1. The fourth-order valence-electron chi connectivity index (χ4n) is 1.22. The van der Waals surface area contributed by atoms with Gasteiger partial charge in [0.2, 0.25) is 0 Å². The first-order chi connectivity index (χ1) is 3.60. The van der Waals surface area contributed by atoms with Crippen LogP contribution in [-0.4, -0.2) is 18.0 Å². The molecule has 0 aromatic carbocycles. The first-order valence-corrected chi connectivity index (χ1v) is 3.16. The van der Waals surface area contributed by atoms with Crippen LogP contribution in [0.25, 0.3) is 0 Å². The Morgan fingerprint density at radius 3 is 2.25 bits per heavy atom. The normalized spacial score (nSPS) is 28.9. The molecule has 0 unspecified atom stereocenters. The van der Waals surface area contributed by atoms with Gasteiger partial charge in [-0.2, -0.15) is 0 Å². The Morgan fingerprint density at radius 2 is 2.12 bits per heavy atom. The van der Waals surface area contributed by atoms with Crippen molar-refractivity contribution in [1.29, 1.82) is 0 Å². The second-order valence-electron chi connectivity index (χ2n) is 3.47. The summed E-state index contributed by atoms with van der Waals surface area (Å²) in [5.74, 6) is 0. The Hall–Kier alpha value is -0.0400. The summed E-state index contributed by atoms with van der Waals surface area (Å²) in [6.07, 6.45) is 1.30. The molecule has 1 heterocycles. The molecule has 1 aliphatic heterocycles. The van der Waals surface area contributed by atoms with Crippen LogP contribution in [0.15, 0.2) is 0 Å². The maximum atomic E-state index is 3.87. The van der Waals surface area contributed by atoms with E-state index < -0.39 is 0 Å². The summed E-state index contributed by atoms with van der Waals surface area (Å²) in [6.45, 7) is 6.91. The highest BCUT2D eigenvalue weighted by molar-refractivity contribution is 4.81. The third-order valence-electron chi connectivity index (χ3n) is 1.76.